The van der Waals surface area contributed by atoms with Gasteiger partial charge in [-0.1, -0.05) is 30.3 Å². The molecule has 0 saturated carbocycles. The maximum absolute atomic E-state index is 14.3. The second kappa shape index (κ2) is 8.47. The molecule has 1 aromatic heterocycles. The molecule has 1 aliphatic rings. The molecule has 1 N–H and O–H groups in total. The summed E-state index contributed by atoms with van der Waals surface area (Å²) >= 11 is 0. The molecule has 4 rings (SSSR count). The van der Waals surface area contributed by atoms with E-state index in [1.54, 1.807) is 39.3 Å². The minimum Gasteiger partial charge on any atom is -0.495 e. The molecule has 1 aliphatic heterocycles. The van der Waals surface area contributed by atoms with Gasteiger partial charge in [0, 0.05) is 12.1 Å². The topological polar surface area (TPSA) is 58.0 Å². The van der Waals surface area contributed by atoms with Gasteiger partial charge in [0.05, 0.1) is 30.6 Å². The Morgan fingerprint density at radius 3 is 2.52 bits per heavy atom. The number of amidine groups is 1. The van der Waals surface area contributed by atoms with E-state index in [1.165, 1.54) is 6.07 Å². The van der Waals surface area contributed by atoms with E-state index >= 15 is 0 Å². The average Bonchev–Trinajstić information content (AvgIpc) is 2.77. The zero-order chi connectivity index (χ0) is 22.0. The van der Waals surface area contributed by atoms with Gasteiger partial charge in [0.2, 0.25) is 0 Å². The smallest absolute Gasteiger partial charge is 0.156 e. The van der Waals surface area contributed by atoms with Gasteiger partial charge in [-0.2, -0.15) is 0 Å². The zero-order valence-corrected chi connectivity index (χ0v) is 17.9. The fourth-order valence-electron chi connectivity index (χ4n) is 3.78. The Balaban J connectivity index is 1.88. The van der Waals surface area contributed by atoms with Crippen molar-refractivity contribution in [1.82, 2.24) is 9.88 Å². The molecule has 0 saturated heterocycles. The van der Waals surface area contributed by atoms with E-state index in [-0.39, 0.29) is 11.9 Å². The van der Waals surface area contributed by atoms with Crippen LogP contribution in [0.15, 0.2) is 71.9 Å². The standard InChI is InChI=1S/C25H26FN3O2/c1-25(2,30)13-14-29-23(17-7-5-4-6-8-17)20-15-18(26)9-11-21(20)28-24(29)22-12-10-19(31-3)16-27-22/h4-12,15-16,23,30H,13-14H2,1-3H3. The van der Waals surface area contributed by atoms with E-state index in [0.717, 1.165) is 11.1 Å². The van der Waals surface area contributed by atoms with E-state index in [2.05, 4.69) is 9.88 Å². The molecule has 31 heavy (non-hydrogen) atoms. The third kappa shape index (κ3) is 4.59. The molecule has 160 valence electrons. The van der Waals surface area contributed by atoms with E-state index in [1.807, 2.05) is 42.5 Å². The molecule has 0 aliphatic carbocycles. The van der Waals surface area contributed by atoms with Crippen molar-refractivity contribution in [1.29, 1.82) is 0 Å². The molecular formula is C25H26FN3O2. The van der Waals surface area contributed by atoms with Crippen molar-refractivity contribution < 1.29 is 14.2 Å². The van der Waals surface area contributed by atoms with Crippen molar-refractivity contribution in [3.8, 4) is 5.75 Å². The lowest BCUT2D eigenvalue weighted by atomic mass is 9.92. The molecule has 0 bridgehead atoms. The minimum absolute atomic E-state index is 0.259. The fraction of sp³-hybridized carbons (Fsp3) is 0.280. The number of aliphatic hydroxyl groups is 1. The number of hydrogen-bond donors (Lipinski definition) is 1. The second-order valence-electron chi connectivity index (χ2n) is 8.29. The number of halogens is 1. The third-order valence-corrected chi connectivity index (χ3v) is 5.38. The minimum atomic E-state index is -0.859. The number of pyridine rings is 1. The SMILES string of the molecule is COc1ccc(C2=Nc3ccc(F)cc3C(c3ccccc3)N2CCC(C)(C)O)nc1. The number of ether oxygens (including phenoxy) is 1. The molecule has 1 atom stereocenters. The van der Waals surface area contributed by atoms with Crippen molar-refractivity contribution in [3.63, 3.8) is 0 Å². The quantitative estimate of drug-likeness (QED) is 0.619. The summed E-state index contributed by atoms with van der Waals surface area (Å²) in [5.41, 5.74) is 2.35. The Hall–Kier alpha value is -3.25. The molecule has 2 aromatic carbocycles. The van der Waals surface area contributed by atoms with Crippen LogP contribution in [0.1, 0.15) is 43.1 Å². The van der Waals surface area contributed by atoms with Crippen molar-refractivity contribution in [2.75, 3.05) is 13.7 Å². The van der Waals surface area contributed by atoms with Crippen LogP contribution >= 0.6 is 0 Å². The summed E-state index contributed by atoms with van der Waals surface area (Å²) in [6, 6.07) is 18.1. The lowest BCUT2D eigenvalue weighted by molar-refractivity contribution is 0.0624. The number of fused-ring (bicyclic) bond motifs is 1. The predicted octanol–water partition coefficient (Wildman–Crippen LogP) is 4.87. The van der Waals surface area contributed by atoms with Gasteiger partial charge in [-0.25, -0.2) is 14.4 Å². The van der Waals surface area contributed by atoms with Crippen LogP contribution in [-0.2, 0) is 0 Å². The first-order chi connectivity index (χ1) is 14.9. The molecule has 0 radical (unpaired) electrons. The largest absolute Gasteiger partial charge is 0.495 e. The number of aliphatic imine (C=N–C) groups is 1. The summed E-state index contributed by atoms with van der Waals surface area (Å²) in [6.07, 6.45) is 2.17. The fourth-order valence-corrected chi connectivity index (χ4v) is 3.78. The van der Waals surface area contributed by atoms with E-state index < -0.39 is 5.60 Å². The number of methoxy groups -OCH3 is 1. The highest BCUT2D eigenvalue weighted by atomic mass is 19.1. The van der Waals surface area contributed by atoms with Crippen molar-refractivity contribution in [2.45, 2.75) is 31.9 Å². The van der Waals surface area contributed by atoms with Crippen LogP contribution in [0, 0.1) is 5.82 Å². The molecule has 0 fully saturated rings. The number of nitrogens with zero attached hydrogens (tertiary/aromatic N) is 3. The van der Waals surface area contributed by atoms with Gasteiger partial charge < -0.3 is 14.7 Å². The summed E-state index contributed by atoms with van der Waals surface area (Å²) in [7, 11) is 1.60. The van der Waals surface area contributed by atoms with Gasteiger partial charge in [-0.05, 0) is 56.2 Å². The number of rotatable bonds is 6. The van der Waals surface area contributed by atoms with Crippen LogP contribution in [0.4, 0.5) is 10.1 Å². The number of aromatic nitrogens is 1. The maximum atomic E-state index is 14.3. The van der Waals surface area contributed by atoms with E-state index in [9.17, 15) is 9.50 Å². The summed E-state index contributed by atoms with van der Waals surface area (Å²) in [4.78, 5) is 11.5. The molecule has 5 nitrogen and oxygen atoms in total. The van der Waals surface area contributed by atoms with Crippen LogP contribution in [0.25, 0.3) is 0 Å². The first-order valence-corrected chi connectivity index (χ1v) is 10.3. The van der Waals surface area contributed by atoms with Crippen molar-refractivity contribution in [2.24, 2.45) is 4.99 Å². The average molecular weight is 420 g/mol. The molecular weight excluding hydrogens is 393 g/mol. The highest BCUT2D eigenvalue weighted by Crippen LogP contribution is 2.41. The van der Waals surface area contributed by atoms with Gasteiger partial charge >= 0.3 is 0 Å². The van der Waals surface area contributed by atoms with E-state index in [0.29, 0.717) is 35.9 Å². The molecule has 0 amide bonds. The van der Waals surface area contributed by atoms with Crippen molar-refractivity contribution >= 4 is 11.5 Å². The summed E-state index contributed by atoms with van der Waals surface area (Å²) in [5.74, 6) is 1.04. The summed E-state index contributed by atoms with van der Waals surface area (Å²) in [6.45, 7) is 4.08. The Morgan fingerprint density at radius 1 is 1.10 bits per heavy atom. The Morgan fingerprint density at radius 2 is 1.87 bits per heavy atom. The van der Waals surface area contributed by atoms with Crippen LogP contribution in [-0.4, -0.2) is 40.1 Å². The predicted molar refractivity (Wildman–Crippen MR) is 119 cm³/mol. The summed E-state index contributed by atoms with van der Waals surface area (Å²) in [5, 5.41) is 10.4. The van der Waals surface area contributed by atoms with Crippen molar-refractivity contribution in [3.05, 3.63) is 89.5 Å². The number of benzene rings is 2. The first kappa shape index (κ1) is 21.0. The monoisotopic (exact) mass is 419 g/mol. The highest BCUT2D eigenvalue weighted by molar-refractivity contribution is 6.00. The van der Waals surface area contributed by atoms with Crippen LogP contribution in [0.5, 0.6) is 5.75 Å². The van der Waals surface area contributed by atoms with Gasteiger partial charge in [0.1, 0.15) is 17.3 Å². The van der Waals surface area contributed by atoms with Crippen LogP contribution in [0.2, 0.25) is 0 Å². The molecule has 0 spiro atoms. The van der Waals surface area contributed by atoms with Crippen LogP contribution < -0.4 is 4.74 Å². The first-order valence-electron chi connectivity index (χ1n) is 10.3. The number of hydrogen-bond acceptors (Lipinski definition) is 5. The third-order valence-electron chi connectivity index (χ3n) is 5.38. The van der Waals surface area contributed by atoms with Gasteiger partial charge in [-0.15, -0.1) is 0 Å². The Labute approximate surface area is 181 Å². The molecule has 2 heterocycles. The van der Waals surface area contributed by atoms with Gasteiger partial charge in [-0.3, -0.25) is 0 Å². The van der Waals surface area contributed by atoms with E-state index in [4.69, 9.17) is 9.73 Å². The second-order valence-corrected chi connectivity index (χ2v) is 8.29. The van der Waals surface area contributed by atoms with Gasteiger partial charge in [0.25, 0.3) is 0 Å². The van der Waals surface area contributed by atoms with Crippen LogP contribution in [0.3, 0.4) is 0 Å². The summed E-state index contributed by atoms with van der Waals surface area (Å²) < 4.78 is 19.5. The molecule has 1 unspecified atom stereocenters. The lowest BCUT2D eigenvalue weighted by Crippen LogP contribution is -2.41. The zero-order valence-electron chi connectivity index (χ0n) is 17.9. The normalized spacial score (nSPS) is 16.0. The lowest BCUT2D eigenvalue weighted by Gasteiger charge is -2.39. The maximum Gasteiger partial charge on any atom is 0.156 e. The molecule has 6 heteroatoms. The Kier molecular flexibility index (Phi) is 5.74. The highest BCUT2D eigenvalue weighted by Gasteiger charge is 2.33. The van der Waals surface area contributed by atoms with Gasteiger partial charge in [0.15, 0.2) is 5.84 Å². The molecule has 3 aromatic rings. The Bertz CT molecular complexity index is 1080.